The molecule has 1 amide bonds. The molecule has 120 valence electrons. The Labute approximate surface area is 138 Å². The Kier molecular flexibility index (Phi) is 5.55. The van der Waals surface area contributed by atoms with Gasteiger partial charge in [-0.2, -0.15) is 0 Å². The van der Waals surface area contributed by atoms with Gasteiger partial charge in [-0.25, -0.2) is 4.98 Å². The monoisotopic (exact) mass is 342 g/mol. The van der Waals surface area contributed by atoms with E-state index in [4.69, 9.17) is 0 Å². The molecule has 1 N–H and O–H groups in total. The Morgan fingerprint density at radius 2 is 2.36 bits per heavy atom. The van der Waals surface area contributed by atoms with Gasteiger partial charge in [0.25, 0.3) is 5.56 Å². The van der Waals surface area contributed by atoms with Crippen LogP contribution in [0.15, 0.2) is 22.6 Å². The number of carbonyl (C=O) groups is 1. The van der Waals surface area contributed by atoms with E-state index in [1.807, 2.05) is 17.2 Å². The van der Waals surface area contributed by atoms with Crippen LogP contribution in [0.5, 0.6) is 0 Å². The highest BCUT2D eigenvalue weighted by Gasteiger charge is 2.22. The summed E-state index contributed by atoms with van der Waals surface area (Å²) >= 11 is 1.45. The van der Waals surface area contributed by atoms with Gasteiger partial charge in [0.1, 0.15) is 4.83 Å². The van der Waals surface area contributed by atoms with Gasteiger partial charge >= 0.3 is 0 Å². The fourth-order valence-electron chi connectivity index (χ4n) is 2.62. The third-order valence-electron chi connectivity index (χ3n) is 3.84. The van der Waals surface area contributed by atoms with Crippen molar-refractivity contribution in [2.45, 2.75) is 25.9 Å². The van der Waals surface area contributed by atoms with Crippen LogP contribution in [0.2, 0.25) is 0 Å². The maximum absolute atomic E-state index is 12.3. The molecule has 1 fully saturated rings. The average Bonchev–Trinajstić information content (AvgIpc) is 2.96. The van der Waals surface area contributed by atoms with Gasteiger partial charge in [-0.1, -0.05) is 0 Å². The van der Waals surface area contributed by atoms with Crippen molar-refractivity contribution in [2.24, 2.45) is 0 Å². The maximum atomic E-state index is 12.3. The van der Waals surface area contributed by atoms with Crippen LogP contribution in [0.1, 0.15) is 13.3 Å². The third kappa shape index (κ3) is 3.31. The molecule has 0 aromatic carbocycles. The van der Waals surface area contributed by atoms with Crippen LogP contribution in [-0.4, -0.2) is 46.0 Å². The van der Waals surface area contributed by atoms with Gasteiger partial charge in [0.15, 0.2) is 0 Å². The Hall–Kier alpha value is -1.44. The molecule has 0 aliphatic carbocycles. The standard InChI is InChI=1S/C14H18N4O2S.ClH/c1-10-8-15-4-6-18(10)12(19)2-5-17-9-16-13-11(14(17)20)3-7-21-13;/h3,7,9-10,15H,2,4-6,8H2,1H3;1H/t10-;/m1./s1. The number of hydrogen-bond donors (Lipinski definition) is 1. The van der Waals surface area contributed by atoms with Crippen molar-refractivity contribution in [3.63, 3.8) is 0 Å². The van der Waals surface area contributed by atoms with E-state index >= 15 is 0 Å². The molecule has 3 rings (SSSR count). The van der Waals surface area contributed by atoms with Crippen molar-refractivity contribution in [1.82, 2.24) is 19.8 Å². The summed E-state index contributed by atoms with van der Waals surface area (Å²) in [5.74, 6) is 0.0984. The number of halogens is 1. The maximum Gasteiger partial charge on any atom is 0.262 e. The minimum atomic E-state index is -0.0672. The lowest BCUT2D eigenvalue weighted by Gasteiger charge is -2.34. The molecule has 0 bridgehead atoms. The van der Waals surface area contributed by atoms with Crippen LogP contribution in [0.25, 0.3) is 10.2 Å². The first kappa shape index (κ1) is 16.9. The lowest BCUT2D eigenvalue weighted by Crippen LogP contribution is -2.52. The molecule has 2 aromatic rings. The second-order valence-electron chi connectivity index (χ2n) is 5.27. The van der Waals surface area contributed by atoms with Crippen LogP contribution in [0.4, 0.5) is 0 Å². The minimum absolute atomic E-state index is 0. The van der Waals surface area contributed by atoms with Crippen LogP contribution < -0.4 is 10.9 Å². The summed E-state index contributed by atoms with van der Waals surface area (Å²) in [5.41, 5.74) is -0.0672. The molecule has 0 saturated carbocycles. The molecule has 6 nitrogen and oxygen atoms in total. The predicted molar refractivity (Wildman–Crippen MR) is 89.8 cm³/mol. The molecule has 1 atom stereocenters. The Bertz CT molecular complexity index is 714. The SMILES string of the molecule is C[C@@H]1CNCCN1C(=O)CCn1cnc2sccc2c1=O.Cl. The molecule has 1 saturated heterocycles. The Balaban J connectivity index is 0.00000176. The minimum Gasteiger partial charge on any atom is -0.337 e. The summed E-state index contributed by atoms with van der Waals surface area (Å²) in [4.78, 5) is 31.4. The number of thiophene rings is 1. The zero-order valence-electron chi connectivity index (χ0n) is 12.3. The summed E-state index contributed by atoms with van der Waals surface area (Å²) < 4.78 is 1.53. The van der Waals surface area contributed by atoms with Gasteiger partial charge in [-0.3, -0.25) is 14.2 Å². The number of nitrogens with zero attached hydrogens (tertiary/aromatic N) is 3. The highest BCUT2D eigenvalue weighted by molar-refractivity contribution is 7.16. The van der Waals surface area contributed by atoms with Crippen molar-refractivity contribution in [1.29, 1.82) is 0 Å². The highest BCUT2D eigenvalue weighted by atomic mass is 35.5. The summed E-state index contributed by atoms with van der Waals surface area (Å²) in [5, 5.41) is 5.75. The lowest BCUT2D eigenvalue weighted by atomic mass is 10.2. The number of aromatic nitrogens is 2. The number of amides is 1. The number of nitrogens with one attached hydrogen (secondary N) is 1. The topological polar surface area (TPSA) is 67.2 Å². The molecule has 3 heterocycles. The predicted octanol–water partition coefficient (Wildman–Crippen LogP) is 1.09. The van der Waals surface area contributed by atoms with Crippen LogP contribution in [0, 0.1) is 0 Å². The van der Waals surface area contributed by atoms with E-state index < -0.39 is 0 Å². The summed E-state index contributed by atoms with van der Waals surface area (Å²) in [7, 11) is 0. The molecular weight excluding hydrogens is 324 g/mol. The smallest absolute Gasteiger partial charge is 0.262 e. The molecule has 0 unspecified atom stereocenters. The van der Waals surface area contributed by atoms with E-state index in [1.54, 1.807) is 6.07 Å². The first-order valence-electron chi connectivity index (χ1n) is 7.09. The summed E-state index contributed by atoms with van der Waals surface area (Å²) in [6, 6.07) is 1.99. The van der Waals surface area contributed by atoms with Gasteiger partial charge < -0.3 is 10.2 Å². The largest absolute Gasteiger partial charge is 0.337 e. The van der Waals surface area contributed by atoms with E-state index in [9.17, 15) is 9.59 Å². The van der Waals surface area contributed by atoms with E-state index in [0.717, 1.165) is 24.5 Å². The molecule has 22 heavy (non-hydrogen) atoms. The second-order valence-corrected chi connectivity index (χ2v) is 6.17. The molecular formula is C14H19ClN4O2S. The Morgan fingerprint density at radius 1 is 1.55 bits per heavy atom. The molecule has 1 aliphatic heterocycles. The summed E-state index contributed by atoms with van der Waals surface area (Å²) in [6.45, 7) is 4.81. The number of aryl methyl sites for hydroxylation is 1. The zero-order valence-corrected chi connectivity index (χ0v) is 14.0. The fraction of sp³-hybridized carbons (Fsp3) is 0.500. The number of fused-ring (bicyclic) bond motifs is 1. The molecule has 0 radical (unpaired) electrons. The average molecular weight is 343 g/mol. The van der Waals surface area contributed by atoms with Crippen LogP contribution >= 0.6 is 23.7 Å². The van der Waals surface area contributed by atoms with Crippen molar-refractivity contribution >= 4 is 39.9 Å². The van der Waals surface area contributed by atoms with E-state index in [2.05, 4.69) is 10.3 Å². The highest BCUT2D eigenvalue weighted by Crippen LogP contribution is 2.13. The number of rotatable bonds is 3. The number of piperazine rings is 1. The number of hydrogen-bond acceptors (Lipinski definition) is 5. The van der Waals surface area contributed by atoms with Crippen LogP contribution in [-0.2, 0) is 11.3 Å². The van der Waals surface area contributed by atoms with Gasteiger partial charge in [-0.15, -0.1) is 23.7 Å². The molecule has 8 heteroatoms. The van der Waals surface area contributed by atoms with Crippen molar-refractivity contribution in [2.75, 3.05) is 19.6 Å². The third-order valence-corrected chi connectivity index (χ3v) is 4.66. The van der Waals surface area contributed by atoms with Gasteiger partial charge in [0, 0.05) is 38.6 Å². The quantitative estimate of drug-likeness (QED) is 0.906. The fourth-order valence-corrected chi connectivity index (χ4v) is 3.35. The van der Waals surface area contributed by atoms with Gasteiger partial charge in [-0.05, 0) is 18.4 Å². The summed E-state index contributed by atoms with van der Waals surface area (Å²) in [6.07, 6.45) is 1.87. The van der Waals surface area contributed by atoms with Crippen LogP contribution in [0.3, 0.4) is 0 Å². The van der Waals surface area contributed by atoms with E-state index in [-0.39, 0.29) is 29.9 Å². The van der Waals surface area contributed by atoms with Crippen molar-refractivity contribution in [3.05, 3.63) is 28.1 Å². The molecule has 2 aromatic heterocycles. The molecule has 0 spiro atoms. The lowest BCUT2D eigenvalue weighted by molar-refractivity contribution is -0.134. The Morgan fingerprint density at radius 3 is 3.14 bits per heavy atom. The van der Waals surface area contributed by atoms with Crippen molar-refractivity contribution in [3.8, 4) is 0 Å². The zero-order chi connectivity index (χ0) is 14.8. The number of carbonyl (C=O) groups excluding carboxylic acids is 1. The second kappa shape index (κ2) is 7.21. The van der Waals surface area contributed by atoms with Crippen molar-refractivity contribution < 1.29 is 4.79 Å². The van der Waals surface area contributed by atoms with Gasteiger partial charge in [0.2, 0.25) is 5.91 Å². The van der Waals surface area contributed by atoms with E-state index in [0.29, 0.717) is 18.4 Å². The first-order chi connectivity index (χ1) is 10.2. The molecule has 1 aliphatic rings. The van der Waals surface area contributed by atoms with Gasteiger partial charge in [0.05, 0.1) is 11.7 Å². The first-order valence-corrected chi connectivity index (χ1v) is 7.97. The van der Waals surface area contributed by atoms with E-state index in [1.165, 1.54) is 22.2 Å². The normalized spacial score (nSPS) is 18.2.